The van der Waals surface area contributed by atoms with E-state index in [0.29, 0.717) is 23.0 Å². The summed E-state index contributed by atoms with van der Waals surface area (Å²) in [6.07, 6.45) is 0. The molecule has 0 amide bonds. The molecule has 10 rings (SSSR count). The first-order chi connectivity index (χ1) is 25.7. The average Bonchev–Trinajstić information content (AvgIpc) is 3.50. The number of nitrogens with zero attached hydrogens (tertiary/aromatic N) is 4. The minimum Gasteiger partial charge on any atom is -0.457 e. The largest absolute Gasteiger partial charge is 0.457 e. The summed E-state index contributed by atoms with van der Waals surface area (Å²) >= 11 is 0. The van der Waals surface area contributed by atoms with Crippen LogP contribution in [0.1, 0.15) is 27.8 Å². The summed E-state index contributed by atoms with van der Waals surface area (Å²) in [4.78, 5) is 15.1. The Hall–Kier alpha value is -7.16. The molecule has 242 valence electrons. The second kappa shape index (κ2) is 11.7. The smallest absolute Gasteiger partial charge is 0.164 e. The van der Waals surface area contributed by atoms with E-state index >= 15 is 0 Å². The molecule has 8 aromatic rings. The fourth-order valence-electron chi connectivity index (χ4n) is 7.98. The third-order valence-electron chi connectivity index (χ3n) is 10.3. The van der Waals surface area contributed by atoms with E-state index in [1.807, 2.05) is 109 Å². The maximum absolute atomic E-state index is 10.1. The van der Waals surface area contributed by atoms with Crippen molar-refractivity contribution in [3.05, 3.63) is 198 Å². The van der Waals surface area contributed by atoms with Crippen LogP contribution in [0.2, 0.25) is 0 Å². The molecule has 1 aromatic heterocycles. The van der Waals surface area contributed by atoms with Crippen molar-refractivity contribution in [1.29, 1.82) is 5.26 Å². The number of rotatable bonds is 4. The van der Waals surface area contributed by atoms with E-state index < -0.39 is 5.41 Å². The van der Waals surface area contributed by atoms with Crippen LogP contribution < -0.4 is 4.74 Å². The van der Waals surface area contributed by atoms with E-state index in [1.165, 1.54) is 0 Å². The number of hydrogen-bond acceptors (Lipinski definition) is 5. The molecule has 5 heteroatoms. The number of hydrogen-bond donors (Lipinski definition) is 0. The van der Waals surface area contributed by atoms with Crippen LogP contribution in [-0.2, 0) is 5.41 Å². The summed E-state index contributed by atoms with van der Waals surface area (Å²) in [6, 6.07) is 60.2. The molecule has 0 N–H and O–H groups in total. The Morgan fingerprint density at radius 1 is 0.404 bits per heavy atom. The number of para-hydroxylation sites is 2. The van der Waals surface area contributed by atoms with Gasteiger partial charge in [-0.15, -0.1) is 0 Å². The highest BCUT2D eigenvalue weighted by Gasteiger charge is 2.51. The van der Waals surface area contributed by atoms with Gasteiger partial charge in [0, 0.05) is 27.8 Å². The monoisotopic (exact) mass is 664 g/mol. The summed E-state index contributed by atoms with van der Waals surface area (Å²) in [6.45, 7) is 0. The van der Waals surface area contributed by atoms with Crippen LogP contribution in [0.15, 0.2) is 170 Å². The van der Waals surface area contributed by atoms with Crippen molar-refractivity contribution in [2.45, 2.75) is 5.41 Å². The third-order valence-corrected chi connectivity index (χ3v) is 10.3. The molecule has 0 fully saturated rings. The highest BCUT2D eigenvalue weighted by atomic mass is 16.5. The number of nitriles is 1. The molecule has 52 heavy (non-hydrogen) atoms. The fourth-order valence-corrected chi connectivity index (χ4v) is 7.98. The van der Waals surface area contributed by atoms with E-state index in [4.69, 9.17) is 19.7 Å². The molecule has 1 aliphatic heterocycles. The van der Waals surface area contributed by atoms with Gasteiger partial charge >= 0.3 is 0 Å². The van der Waals surface area contributed by atoms with Gasteiger partial charge in [0.05, 0.1) is 17.0 Å². The Morgan fingerprint density at radius 3 is 1.44 bits per heavy atom. The first kappa shape index (κ1) is 29.7. The van der Waals surface area contributed by atoms with Crippen LogP contribution in [0, 0.1) is 11.3 Å². The highest BCUT2D eigenvalue weighted by Crippen LogP contribution is 2.62. The third kappa shape index (κ3) is 4.45. The first-order valence-electron chi connectivity index (χ1n) is 17.3. The van der Waals surface area contributed by atoms with Crippen molar-refractivity contribution in [3.63, 3.8) is 0 Å². The first-order valence-corrected chi connectivity index (χ1v) is 17.3. The molecule has 2 aliphatic rings. The minimum atomic E-state index is -0.721. The average molecular weight is 665 g/mol. The van der Waals surface area contributed by atoms with Crippen LogP contribution in [0.4, 0.5) is 0 Å². The van der Waals surface area contributed by atoms with Crippen molar-refractivity contribution >= 4 is 0 Å². The van der Waals surface area contributed by atoms with Crippen molar-refractivity contribution < 1.29 is 4.74 Å². The maximum Gasteiger partial charge on any atom is 0.164 e. The molecule has 0 unspecified atom stereocenters. The van der Waals surface area contributed by atoms with Crippen molar-refractivity contribution in [3.8, 4) is 74.0 Å². The van der Waals surface area contributed by atoms with Crippen molar-refractivity contribution in [2.24, 2.45) is 0 Å². The molecule has 0 saturated carbocycles. The Labute approximate surface area is 301 Å². The van der Waals surface area contributed by atoms with Gasteiger partial charge in [-0.1, -0.05) is 140 Å². The van der Waals surface area contributed by atoms with Gasteiger partial charge in [0.2, 0.25) is 0 Å². The van der Waals surface area contributed by atoms with Gasteiger partial charge in [0.15, 0.2) is 17.5 Å². The lowest BCUT2D eigenvalue weighted by molar-refractivity contribution is 0.436. The number of aromatic nitrogens is 3. The summed E-state index contributed by atoms with van der Waals surface area (Å²) in [5.74, 6) is 3.45. The zero-order chi connectivity index (χ0) is 34.6. The molecule has 0 atom stereocenters. The van der Waals surface area contributed by atoms with E-state index in [1.54, 1.807) is 0 Å². The quantitative estimate of drug-likeness (QED) is 0.187. The second-order valence-electron chi connectivity index (χ2n) is 13.1. The molecule has 5 nitrogen and oxygen atoms in total. The van der Waals surface area contributed by atoms with Gasteiger partial charge in [-0.25, -0.2) is 15.0 Å². The van der Waals surface area contributed by atoms with Gasteiger partial charge in [-0.3, -0.25) is 0 Å². The topological polar surface area (TPSA) is 71.7 Å². The molecule has 1 spiro atoms. The molecular weight excluding hydrogens is 637 g/mol. The van der Waals surface area contributed by atoms with Gasteiger partial charge in [0.1, 0.15) is 11.5 Å². The predicted octanol–water partition coefficient (Wildman–Crippen LogP) is 10.9. The molecular formula is C47H28N4O. The van der Waals surface area contributed by atoms with Gasteiger partial charge in [-0.05, 0) is 63.7 Å². The van der Waals surface area contributed by atoms with Crippen LogP contribution in [0.5, 0.6) is 11.5 Å². The maximum atomic E-state index is 10.1. The Bertz CT molecular complexity index is 2630. The Morgan fingerprint density at radius 2 is 0.865 bits per heavy atom. The van der Waals surface area contributed by atoms with Crippen LogP contribution >= 0.6 is 0 Å². The predicted molar refractivity (Wildman–Crippen MR) is 204 cm³/mol. The summed E-state index contributed by atoms with van der Waals surface area (Å²) in [7, 11) is 0. The van der Waals surface area contributed by atoms with Crippen molar-refractivity contribution in [2.75, 3.05) is 0 Å². The molecule has 7 aromatic carbocycles. The standard InChI is InChI=1S/C47H28N4O/c48-29-34-17-7-8-18-35(34)32-23-25-36-37-26-24-33(46-50-44(30-13-3-1-4-14-30)49-45(51-46)31-15-5-2-6-16-31)28-41(37)47(40(36)27-32)38-19-9-11-21-42(38)52-43-22-12-10-20-39(43)47/h1-28H. The second-order valence-corrected chi connectivity index (χ2v) is 13.1. The zero-order valence-electron chi connectivity index (χ0n) is 27.9. The van der Waals surface area contributed by atoms with Crippen LogP contribution in [-0.4, -0.2) is 15.0 Å². The van der Waals surface area contributed by atoms with Gasteiger partial charge < -0.3 is 4.74 Å². The molecule has 0 bridgehead atoms. The summed E-state index contributed by atoms with van der Waals surface area (Å²) < 4.78 is 6.61. The minimum absolute atomic E-state index is 0.596. The summed E-state index contributed by atoms with van der Waals surface area (Å²) in [5, 5.41) is 10.1. The van der Waals surface area contributed by atoms with Crippen molar-refractivity contribution in [1.82, 2.24) is 15.0 Å². The lowest BCUT2D eigenvalue weighted by atomic mass is 9.65. The normalized spacial score (nSPS) is 12.9. The van der Waals surface area contributed by atoms with E-state index in [0.717, 1.165) is 72.7 Å². The van der Waals surface area contributed by atoms with Gasteiger partial charge in [-0.2, -0.15) is 5.26 Å². The van der Waals surface area contributed by atoms with E-state index in [9.17, 15) is 5.26 Å². The Balaban J connectivity index is 1.26. The van der Waals surface area contributed by atoms with Crippen LogP contribution in [0.3, 0.4) is 0 Å². The molecule has 2 heterocycles. The number of ether oxygens (including phenoxy) is 1. The van der Waals surface area contributed by atoms with Crippen LogP contribution in [0.25, 0.3) is 56.4 Å². The molecule has 1 aliphatic carbocycles. The lowest BCUT2D eigenvalue weighted by Crippen LogP contribution is -2.32. The zero-order valence-corrected chi connectivity index (χ0v) is 27.9. The number of fused-ring (bicyclic) bond motifs is 9. The SMILES string of the molecule is N#Cc1ccccc1-c1ccc2c(c1)C1(c3ccccc3Oc3ccccc31)c1cc(-c3nc(-c4ccccc4)nc(-c4ccccc4)n3)ccc1-2. The number of benzene rings is 7. The van der Waals surface area contributed by atoms with Gasteiger partial charge in [0.25, 0.3) is 0 Å². The summed E-state index contributed by atoms with van der Waals surface area (Å²) in [5.41, 5.74) is 11.2. The fraction of sp³-hybridized carbons (Fsp3) is 0.0213. The highest BCUT2D eigenvalue weighted by molar-refractivity contribution is 5.92. The molecule has 0 radical (unpaired) electrons. The molecule has 0 saturated heterocycles. The van der Waals surface area contributed by atoms with E-state index in [-0.39, 0.29) is 0 Å². The Kier molecular flexibility index (Phi) is 6.70. The van der Waals surface area contributed by atoms with E-state index in [2.05, 4.69) is 66.7 Å². The lowest BCUT2D eigenvalue weighted by Gasteiger charge is -2.39.